The van der Waals surface area contributed by atoms with Crippen LogP contribution in [-0.4, -0.2) is 93.0 Å². The van der Waals surface area contributed by atoms with Gasteiger partial charge in [0.15, 0.2) is 0 Å². The molecule has 2 fully saturated rings. The zero-order valence-corrected chi connectivity index (χ0v) is 29.8. The summed E-state index contributed by atoms with van der Waals surface area (Å²) in [4.78, 5) is 52.9. The number of amides is 3. The van der Waals surface area contributed by atoms with E-state index in [1.165, 1.54) is 4.90 Å². The van der Waals surface area contributed by atoms with E-state index in [1.807, 2.05) is 45.0 Å². The number of tetrazole rings is 1. The van der Waals surface area contributed by atoms with Gasteiger partial charge in [0.2, 0.25) is 17.7 Å². The molecule has 1 atom stereocenters. The SMILES string of the molecule is CC(C)(C)OC(=O)NCC1CCC(C(=O)N(C(=O)[C@@H](N)Cc2ccc(-c3cnc(N4CCOCC4)nc3)cc2)c2ccc(-c3nn[nH]n3)cc2)CC1. The Balaban J connectivity index is 1.12. The molecule has 1 saturated carbocycles. The van der Waals surface area contributed by atoms with Crippen LogP contribution in [0.1, 0.15) is 52.0 Å². The molecule has 2 aromatic heterocycles. The van der Waals surface area contributed by atoms with Gasteiger partial charge >= 0.3 is 6.09 Å². The summed E-state index contributed by atoms with van der Waals surface area (Å²) < 4.78 is 10.8. The summed E-state index contributed by atoms with van der Waals surface area (Å²) in [5.74, 6) is 0.134. The normalized spacial score (nSPS) is 18.3. The first kappa shape index (κ1) is 36.5. The number of rotatable bonds is 10. The number of aromatic nitrogens is 6. The molecular weight excluding hydrogens is 664 g/mol. The number of H-pyrrole nitrogens is 1. The molecular formula is C37H46N10O5. The molecule has 3 heterocycles. The van der Waals surface area contributed by atoms with Crippen molar-refractivity contribution in [1.29, 1.82) is 0 Å². The van der Waals surface area contributed by atoms with Gasteiger partial charge in [-0.15, -0.1) is 10.2 Å². The van der Waals surface area contributed by atoms with Gasteiger partial charge in [0.1, 0.15) is 5.60 Å². The topological polar surface area (TPSA) is 194 Å². The number of benzene rings is 2. The highest BCUT2D eigenvalue weighted by Crippen LogP contribution is 2.32. The number of hydrogen-bond donors (Lipinski definition) is 3. The molecule has 0 spiro atoms. The second-order valence-electron chi connectivity index (χ2n) is 14.3. The molecule has 2 aliphatic rings. The van der Waals surface area contributed by atoms with Crippen molar-refractivity contribution >= 4 is 29.5 Å². The summed E-state index contributed by atoms with van der Waals surface area (Å²) in [6.07, 6.45) is 6.01. The molecule has 1 saturated heterocycles. The molecule has 0 unspecified atom stereocenters. The van der Waals surface area contributed by atoms with Gasteiger partial charge in [0, 0.05) is 49.1 Å². The predicted octanol–water partition coefficient (Wildman–Crippen LogP) is 3.92. The number of ether oxygens (including phenoxy) is 2. The van der Waals surface area contributed by atoms with Gasteiger partial charge < -0.3 is 25.4 Å². The lowest BCUT2D eigenvalue weighted by Gasteiger charge is -2.32. The van der Waals surface area contributed by atoms with Crippen molar-refractivity contribution in [2.24, 2.45) is 17.6 Å². The van der Waals surface area contributed by atoms with Gasteiger partial charge in [0.25, 0.3) is 5.91 Å². The van der Waals surface area contributed by atoms with Crippen LogP contribution in [0.4, 0.5) is 16.4 Å². The van der Waals surface area contributed by atoms with Gasteiger partial charge in [-0.2, -0.15) is 5.21 Å². The minimum Gasteiger partial charge on any atom is -0.444 e. The van der Waals surface area contributed by atoms with Crippen molar-refractivity contribution in [3.8, 4) is 22.5 Å². The zero-order valence-electron chi connectivity index (χ0n) is 29.8. The molecule has 52 heavy (non-hydrogen) atoms. The smallest absolute Gasteiger partial charge is 0.407 e. The molecule has 0 radical (unpaired) electrons. The highest BCUT2D eigenvalue weighted by atomic mass is 16.6. The quantitative estimate of drug-likeness (QED) is 0.215. The molecule has 15 heteroatoms. The number of alkyl carbamates (subject to hydrolysis) is 1. The van der Waals surface area contributed by atoms with Crippen LogP contribution >= 0.6 is 0 Å². The number of anilines is 2. The lowest BCUT2D eigenvalue weighted by molar-refractivity contribution is -0.130. The van der Waals surface area contributed by atoms with Crippen LogP contribution in [0.15, 0.2) is 60.9 Å². The molecule has 4 aromatic rings. The van der Waals surface area contributed by atoms with Crippen LogP contribution in [0.25, 0.3) is 22.5 Å². The Morgan fingerprint density at radius 3 is 2.23 bits per heavy atom. The highest BCUT2D eigenvalue weighted by Gasteiger charge is 2.35. The van der Waals surface area contributed by atoms with Crippen molar-refractivity contribution in [3.05, 3.63) is 66.5 Å². The molecule has 15 nitrogen and oxygen atoms in total. The van der Waals surface area contributed by atoms with Gasteiger partial charge in [-0.25, -0.2) is 19.7 Å². The summed E-state index contributed by atoms with van der Waals surface area (Å²) in [6.45, 7) is 8.77. The van der Waals surface area contributed by atoms with Gasteiger partial charge in [-0.05, 0) is 99.4 Å². The van der Waals surface area contributed by atoms with Crippen molar-refractivity contribution < 1.29 is 23.9 Å². The molecule has 1 aliphatic carbocycles. The largest absolute Gasteiger partial charge is 0.444 e. The first-order valence-corrected chi connectivity index (χ1v) is 17.7. The van der Waals surface area contributed by atoms with Crippen LogP contribution in [0.5, 0.6) is 0 Å². The van der Waals surface area contributed by atoms with Crippen molar-refractivity contribution in [2.45, 2.75) is 64.5 Å². The summed E-state index contributed by atoms with van der Waals surface area (Å²) >= 11 is 0. The second kappa shape index (κ2) is 16.4. The molecule has 274 valence electrons. The van der Waals surface area contributed by atoms with E-state index in [2.05, 4.69) is 40.8 Å². The van der Waals surface area contributed by atoms with Crippen LogP contribution in [0.2, 0.25) is 0 Å². The number of nitrogens with one attached hydrogen (secondary N) is 2. The van der Waals surface area contributed by atoms with E-state index in [9.17, 15) is 14.4 Å². The average molecular weight is 711 g/mol. The summed E-state index contributed by atoms with van der Waals surface area (Å²) in [6, 6.07) is 13.7. The third kappa shape index (κ3) is 9.33. The maximum Gasteiger partial charge on any atom is 0.407 e. The Kier molecular flexibility index (Phi) is 11.5. The van der Waals surface area contributed by atoms with E-state index in [0.29, 0.717) is 55.6 Å². The summed E-state index contributed by atoms with van der Waals surface area (Å²) in [7, 11) is 0. The number of imide groups is 1. The van der Waals surface area contributed by atoms with E-state index in [0.717, 1.165) is 42.6 Å². The number of carbonyl (C=O) groups excluding carboxylic acids is 3. The Morgan fingerprint density at radius 1 is 0.962 bits per heavy atom. The Bertz CT molecular complexity index is 1780. The standard InChI is InChI=1S/C37H46N10O5/c1-37(2,3)52-36(50)41-21-25-6-10-28(11-7-25)33(48)47(30-14-12-27(13-15-30)32-42-44-45-43-32)34(49)31(38)20-24-4-8-26(9-5-24)29-22-39-35(40-23-29)46-16-18-51-19-17-46/h4-5,8-9,12-15,22-23,25,28,31H,6-7,10-11,16-21,38H2,1-3H3,(H,41,50)(H,42,43,44,45)/t25?,28?,31-/m0/s1. The van der Waals surface area contributed by atoms with E-state index in [-0.39, 0.29) is 24.2 Å². The Morgan fingerprint density at radius 2 is 1.62 bits per heavy atom. The summed E-state index contributed by atoms with van der Waals surface area (Å²) in [5.41, 5.74) is 9.76. The minimum atomic E-state index is -0.975. The number of carbonyl (C=O) groups is 3. The van der Waals surface area contributed by atoms with Crippen molar-refractivity contribution in [3.63, 3.8) is 0 Å². The van der Waals surface area contributed by atoms with Crippen LogP contribution in [0, 0.1) is 11.8 Å². The fraction of sp³-hybridized carbons (Fsp3) is 0.459. The van der Waals surface area contributed by atoms with Crippen LogP contribution in [-0.2, 0) is 25.5 Å². The third-order valence-electron chi connectivity index (χ3n) is 9.29. The van der Waals surface area contributed by atoms with Gasteiger partial charge in [0.05, 0.1) is 24.9 Å². The Labute approximate surface area is 302 Å². The number of morpholine rings is 1. The minimum absolute atomic E-state index is 0.203. The highest BCUT2D eigenvalue weighted by molar-refractivity contribution is 6.17. The first-order valence-electron chi connectivity index (χ1n) is 17.7. The fourth-order valence-corrected chi connectivity index (χ4v) is 6.48. The lowest BCUT2D eigenvalue weighted by atomic mass is 9.81. The van der Waals surface area contributed by atoms with Crippen molar-refractivity contribution in [1.82, 2.24) is 35.9 Å². The number of nitrogens with two attached hydrogens (primary N) is 1. The first-order chi connectivity index (χ1) is 25.0. The predicted molar refractivity (Wildman–Crippen MR) is 194 cm³/mol. The Hall–Kier alpha value is -5.28. The zero-order chi connectivity index (χ0) is 36.7. The lowest BCUT2D eigenvalue weighted by Crippen LogP contribution is -2.50. The van der Waals surface area contributed by atoms with Crippen LogP contribution in [0.3, 0.4) is 0 Å². The fourth-order valence-electron chi connectivity index (χ4n) is 6.48. The molecule has 2 aromatic carbocycles. The van der Waals surface area contributed by atoms with E-state index < -0.39 is 23.6 Å². The second-order valence-corrected chi connectivity index (χ2v) is 14.3. The average Bonchev–Trinajstić information content (AvgIpc) is 3.70. The molecule has 3 amide bonds. The van der Waals surface area contributed by atoms with E-state index in [1.54, 1.807) is 36.7 Å². The van der Waals surface area contributed by atoms with Crippen molar-refractivity contribution in [2.75, 3.05) is 42.6 Å². The summed E-state index contributed by atoms with van der Waals surface area (Å²) in [5, 5.41) is 16.9. The molecule has 4 N–H and O–H groups in total. The van der Waals surface area contributed by atoms with Gasteiger partial charge in [-0.3, -0.25) is 9.59 Å². The maximum absolute atomic E-state index is 14.2. The maximum atomic E-state index is 14.2. The molecule has 0 bridgehead atoms. The number of aromatic amines is 1. The molecule has 6 rings (SSSR count). The third-order valence-corrected chi connectivity index (χ3v) is 9.29. The van der Waals surface area contributed by atoms with Gasteiger partial charge in [-0.1, -0.05) is 24.3 Å². The van der Waals surface area contributed by atoms with E-state index in [4.69, 9.17) is 15.2 Å². The monoisotopic (exact) mass is 710 g/mol. The number of nitrogens with zero attached hydrogens (tertiary/aromatic N) is 7. The molecule has 1 aliphatic heterocycles. The van der Waals surface area contributed by atoms with E-state index >= 15 is 0 Å². The van der Waals surface area contributed by atoms with Crippen LogP contribution < -0.4 is 20.9 Å². The number of hydrogen-bond acceptors (Lipinski definition) is 12.